The summed E-state index contributed by atoms with van der Waals surface area (Å²) in [4.78, 5) is 8.49. The van der Waals surface area contributed by atoms with Crippen LogP contribution in [0.2, 0.25) is 0 Å². The van der Waals surface area contributed by atoms with Crippen LogP contribution in [-0.4, -0.2) is 71.1 Å². The Labute approximate surface area is 195 Å². The molecule has 0 spiro atoms. The SMILES string of the molecule is CC(C)C1CN(C(CCC(C)N2CC[C@H]2C(C)C)CC2C[C@@H](C(C)C)N(C(C)C)C2)C1. The molecular weight excluding hydrogens is 378 g/mol. The number of rotatable bonds is 11. The summed E-state index contributed by atoms with van der Waals surface area (Å²) in [5.41, 5.74) is 0. The largest absolute Gasteiger partial charge is 0.300 e. The molecule has 0 N–H and O–H groups in total. The first kappa shape index (κ1) is 25.5. The van der Waals surface area contributed by atoms with Crippen molar-refractivity contribution in [3.05, 3.63) is 0 Å². The van der Waals surface area contributed by atoms with Gasteiger partial charge in [0.2, 0.25) is 0 Å². The molecule has 0 aromatic carbocycles. The first-order valence-electron chi connectivity index (χ1n) is 13.8. The van der Waals surface area contributed by atoms with Gasteiger partial charge in [-0.2, -0.15) is 0 Å². The molecule has 182 valence electrons. The lowest BCUT2D eigenvalue weighted by molar-refractivity contribution is -0.00515. The summed E-state index contributed by atoms with van der Waals surface area (Å²) in [6.07, 6.45) is 7.04. The van der Waals surface area contributed by atoms with Crippen molar-refractivity contribution < 1.29 is 0 Å². The summed E-state index contributed by atoms with van der Waals surface area (Å²) in [6, 6.07) is 3.87. The van der Waals surface area contributed by atoms with E-state index in [0.717, 1.165) is 53.8 Å². The topological polar surface area (TPSA) is 9.72 Å². The Hall–Kier alpha value is -0.120. The van der Waals surface area contributed by atoms with Gasteiger partial charge in [0.15, 0.2) is 0 Å². The molecule has 3 heteroatoms. The van der Waals surface area contributed by atoms with Crippen LogP contribution in [0.4, 0.5) is 0 Å². The molecule has 0 radical (unpaired) electrons. The fraction of sp³-hybridized carbons (Fsp3) is 1.00. The van der Waals surface area contributed by atoms with Crippen LogP contribution in [0.15, 0.2) is 0 Å². The van der Waals surface area contributed by atoms with Crippen LogP contribution in [0.25, 0.3) is 0 Å². The van der Waals surface area contributed by atoms with Crippen LogP contribution < -0.4 is 0 Å². The molecule has 3 saturated heterocycles. The minimum atomic E-state index is 0.685. The van der Waals surface area contributed by atoms with E-state index in [1.807, 2.05) is 0 Å². The highest BCUT2D eigenvalue weighted by Gasteiger charge is 2.40. The zero-order valence-electron chi connectivity index (χ0n) is 22.5. The van der Waals surface area contributed by atoms with Crippen LogP contribution in [0.1, 0.15) is 94.4 Å². The van der Waals surface area contributed by atoms with Gasteiger partial charge in [-0.05, 0) is 82.5 Å². The van der Waals surface area contributed by atoms with Crippen LogP contribution in [0.3, 0.4) is 0 Å². The molecule has 0 saturated carbocycles. The summed E-state index contributed by atoms with van der Waals surface area (Å²) in [6.45, 7) is 27.2. The molecule has 3 rings (SSSR count). The molecule has 31 heavy (non-hydrogen) atoms. The van der Waals surface area contributed by atoms with Crippen LogP contribution in [-0.2, 0) is 0 Å². The monoisotopic (exact) mass is 433 g/mol. The molecule has 5 atom stereocenters. The Kier molecular flexibility index (Phi) is 8.94. The predicted octanol–water partition coefficient (Wildman–Crippen LogP) is 5.99. The summed E-state index contributed by atoms with van der Waals surface area (Å²) in [5.74, 6) is 4.25. The highest BCUT2D eigenvalue weighted by Crippen LogP contribution is 2.37. The van der Waals surface area contributed by atoms with Gasteiger partial charge >= 0.3 is 0 Å². The maximum atomic E-state index is 2.87. The Bertz CT molecular complexity index is 520. The molecule has 0 amide bonds. The third-order valence-corrected chi connectivity index (χ3v) is 9.27. The summed E-state index contributed by atoms with van der Waals surface area (Å²) in [7, 11) is 0. The Balaban J connectivity index is 1.58. The second-order valence-electron chi connectivity index (χ2n) is 12.8. The van der Waals surface area contributed by atoms with E-state index < -0.39 is 0 Å². The maximum absolute atomic E-state index is 2.87. The summed E-state index contributed by atoms with van der Waals surface area (Å²) >= 11 is 0. The highest BCUT2D eigenvalue weighted by molar-refractivity contribution is 4.95. The molecule has 0 aromatic heterocycles. The predicted molar refractivity (Wildman–Crippen MR) is 136 cm³/mol. The average Bonchev–Trinajstić information content (AvgIpc) is 3.00. The van der Waals surface area contributed by atoms with E-state index in [4.69, 9.17) is 0 Å². The number of nitrogens with zero attached hydrogens (tertiary/aromatic N) is 3. The molecular formula is C28H55N3. The van der Waals surface area contributed by atoms with Crippen molar-refractivity contribution in [1.29, 1.82) is 0 Å². The third kappa shape index (κ3) is 6.07. The van der Waals surface area contributed by atoms with E-state index in [1.54, 1.807) is 0 Å². The van der Waals surface area contributed by atoms with Crippen molar-refractivity contribution in [3.8, 4) is 0 Å². The lowest BCUT2D eigenvalue weighted by atomic mass is 9.83. The van der Waals surface area contributed by atoms with Crippen molar-refractivity contribution >= 4 is 0 Å². The van der Waals surface area contributed by atoms with E-state index in [0.29, 0.717) is 6.04 Å². The molecule has 3 unspecified atom stereocenters. The molecule has 0 aromatic rings. The molecule has 3 aliphatic heterocycles. The average molecular weight is 434 g/mol. The highest BCUT2D eigenvalue weighted by atomic mass is 15.2. The summed E-state index contributed by atoms with van der Waals surface area (Å²) < 4.78 is 0. The van der Waals surface area contributed by atoms with Crippen molar-refractivity contribution in [3.63, 3.8) is 0 Å². The van der Waals surface area contributed by atoms with E-state index >= 15 is 0 Å². The Morgan fingerprint density at radius 3 is 1.81 bits per heavy atom. The lowest BCUT2D eigenvalue weighted by Crippen LogP contribution is -2.56. The summed E-state index contributed by atoms with van der Waals surface area (Å²) in [5, 5.41) is 0. The maximum Gasteiger partial charge on any atom is 0.0133 e. The van der Waals surface area contributed by atoms with Crippen molar-refractivity contribution in [2.45, 2.75) is 125 Å². The van der Waals surface area contributed by atoms with Crippen LogP contribution in [0.5, 0.6) is 0 Å². The van der Waals surface area contributed by atoms with Gasteiger partial charge in [-0.25, -0.2) is 0 Å². The smallest absolute Gasteiger partial charge is 0.0133 e. The zero-order valence-corrected chi connectivity index (χ0v) is 22.5. The van der Waals surface area contributed by atoms with Gasteiger partial charge in [0.1, 0.15) is 0 Å². The van der Waals surface area contributed by atoms with Gasteiger partial charge in [0.05, 0.1) is 0 Å². The van der Waals surface area contributed by atoms with Gasteiger partial charge in [-0.1, -0.05) is 41.5 Å². The minimum Gasteiger partial charge on any atom is -0.300 e. The fourth-order valence-electron chi connectivity index (χ4n) is 6.80. The second kappa shape index (κ2) is 10.9. The van der Waals surface area contributed by atoms with Gasteiger partial charge in [-0.3, -0.25) is 14.7 Å². The standard InChI is InChI=1S/C28H55N3/c1-19(2)25-17-29(18-25)26(11-10-23(9)30-13-12-27(30)20(3)4)14-24-15-28(21(5)6)31(16-24)22(7)8/h19-28H,10-18H2,1-9H3/t23?,24?,26?,27-,28-/m0/s1. The van der Waals surface area contributed by atoms with Gasteiger partial charge in [0, 0.05) is 56.4 Å². The molecule has 3 nitrogen and oxygen atoms in total. The first-order chi connectivity index (χ1) is 14.6. The van der Waals surface area contributed by atoms with E-state index in [1.165, 1.54) is 58.3 Å². The van der Waals surface area contributed by atoms with Gasteiger partial charge in [-0.15, -0.1) is 0 Å². The quantitative estimate of drug-likeness (QED) is 0.396. The number of hydrogen-bond acceptors (Lipinski definition) is 3. The molecule has 3 aliphatic rings. The van der Waals surface area contributed by atoms with Crippen LogP contribution in [0, 0.1) is 29.6 Å². The molecule has 3 fully saturated rings. The van der Waals surface area contributed by atoms with Crippen molar-refractivity contribution in [2.24, 2.45) is 29.6 Å². The molecule has 3 heterocycles. The van der Waals surface area contributed by atoms with Gasteiger partial charge in [0.25, 0.3) is 0 Å². The van der Waals surface area contributed by atoms with E-state index in [9.17, 15) is 0 Å². The van der Waals surface area contributed by atoms with E-state index in [2.05, 4.69) is 77.0 Å². The first-order valence-corrected chi connectivity index (χ1v) is 13.8. The minimum absolute atomic E-state index is 0.685. The van der Waals surface area contributed by atoms with Crippen molar-refractivity contribution in [1.82, 2.24) is 14.7 Å². The van der Waals surface area contributed by atoms with E-state index in [-0.39, 0.29) is 0 Å². The number of likely N-dealkylation sites (tertiary alicyclic amines) is 3. The lowest BCUT2D eigenvalue weighted by Gasteiger charge is -2.49. The van der Waals surface area contributed by atoms with Crippen LogP contribution >= 0.6 is 0 Å². The number of hydrogen-bond donors (Lipinski definition) is 0. The molecule has 0 bridgehead atoms. The molecule has 0 aliphatic carbocycles. The zero-order chi connectivity index (χ0) is 22.9. The second-order valence-corrected chi connectivity index (χ2v) is 12.8. The Morgan fingerprint density at radius 2 is 1.35 bits per heavy atom. The van der Waals surface area contributed by atoms with Crippen molar-refractivity contribution in [2.75, 3.05) is 26.2 Å². The Morgan fingerprint density at radius 1 is 0.710 bits per heavy atom. The normalized spacial score (nSPS) is 31.1. The third-order valence-electron chi connectivity index (χ3n) is 9.27. The van der Waals surface area contributed by atoms with Gasteiger partial charge < -0.3 is 0 Å². The fourth-order valence-corrected chi connectivity index (χ4v) is 6.80.